The van der Waals surface area contributed by atoms with E-state index in [4.69, 9.17) is 4.74 Å². The number of hydrogen-bond acceptors (Lipinski definition) is 3. The van der Waals surface area contributed by atoms with Gasteiger partial charge < -0.3 is 20.7 Å². The number of nitrogens with one attached hydrogen (secondary N) is 3. The lowest BCUT2D eigenvalue weighted by Gasteiger charge is -2.12. The van der Waals surface area contributed by atoms with Crippen LogP contribution in [-0.2, 0) is 24.1 Å². The standard InChI is InChI=1S/C23H30N4O2.HI/c1-3-24-23(25-13-10-18-4-7-21(8-5-18)27-17(2)28)26-14-11-19-6-9-22-20(16-19)12-15-29-22;/h4-9,16H,3,10-15H2,1-2H3,(H,27,28)(H2,24,25,26);1H. The van der Waals surface area contributed by atoms with Gasteiger partial charge >= 0.3 is 0 Å². The third kappa shape index (κ3) is 7.51. The maximum atomic E-state index is 11.1. The average Bonchev–Trinajstić information content (AvgIpc) is 3.17. The van der Waals surface area contributed by atoms with E-state index in [-0.39, 0.29) is 29.9 Å². The number of rotatable bonds is 8. The van der Waals surface area contributed by atoms with Gasteiger partial charge in [-0.3, -0.25) is 9.79 Å². The van der Waals surface area contributed by atoms with Gasteiger partial charge in [0.15, 0.2) is 5.96 Å². The van der Waals surface area contributed by atoms with Crippen LogP contribution in [0.3, 0.4) is 0 Å². The lowest BCUT2D eigenvalue weighted by atomic mass is 10.1. The zero-order valence-electron chi connectivity index (χ0n) is 17.7. The van der Waals surface area contributed by atoms with Crippen LogP contribution in [0.25, 0.3) is 0 Å². The van der Waals surface area contributed by atoms with Crippen molar-refractivity contribution in [1.29, 1.82) is 0 Å². The monoisotopic (exact) mass is 522 g/mol. The topological polar surface area (TPSA) is 74.8 Å². The number of hydrogen-bond donors (Lipinski definition) is 3. The number of halogens is 1. The van der Waals surface area contributed by atoms with Gasteiger partial charge in [-0.25, -0.2) is 0 Å². The van der Waals surface area contributed by atoms with E-state index in [1.54, 1.807) is 0 Å². The molecule has 0 fully saturated rings. The average molecular weight is 522 g/mol. The van der Waals surface area contributed by atoms with Crippen molar-refractivity contribution in [3.05, 3.63) is 59.2 Å². The Bertz CT molecular complexity index is 853. The van der Waals surface area contributed by atoms with Crippen LogP contribution < -0.4 is 20.7 Å². The predicted octanol–water partition coefficient (Wildman–Crippen LogP) is 3.54. The molecule has 2 aromatic carbocycles. The Morgan fingerprint density at radius 2 is 1.83 bits per heavy atom. The summed E-state index contributed by atoms with van der Waals surface area (Å²) in [5.74, 6) is 1.81. The third-order valence-electron chi connectivity index (χ3n) is 4.75. The number of amides is 1. The second-order valence-electron chi connectivity index (χ2n) is 7.11. The van der Waals surface area contributed by atoms with Crippen LogP contribution in [0.5, 0.6) is 5.75 Å². The molecule has 0 bridgehead atoms. The Labute approximate surface area is 195 Å². The molecule has 1 heterocycles. The first-order valence-electron chi connectivity index (χ1n) is 10.3. The van der Waals surface area contributed by atoms with Crippen molar-refractivity contribution in [2.45, 2.75) is 33.1 Å². The van der Waals surface area contributed by atoms with Crippen molar-refractivity contribution in [2.24, 2.45) is 4.99 Å². The number of fused-ring (bicyclic) bond motifs is 1. The first-order valence-corrected chi connectivity index (χ1v) is 10.3. The molecule has 3 rings (SSSR count). The zero-order valence-corrected chi connectivity index (χ0v) is 20.0. The molecule has 0 saturated heterocycles. The van der Waals surface area contributed by atoms with E-state index in [9.17, 15) is 4.79 Å². The van der Waals surface area contributed by atoms with Crippen LogP contribution in [0, 0.1) is 0 Å². The molecule has 162 valence electrons. The summed E-state index contributed by atoms with van der Waals surface area (Å²) < 4.78 is 5.57. The van der Waals surface area contributed by atoms with Crippen molar-refractivity contribution in [3.8, 4) is 5.75 Å². The van der Waals surface area contributed by atoms with E-state index in [1.165, 1.54) is 23.6 Å². The maximum Gasteiger partial charge on any atom is 0.221 e. The summed E-state index contributed by atoms with van der Waals surface area (Å²) >= 11 is 0. The fourth-order valence-corrected chi connectivity index (χ4v) is 3.32. The van der Waals surface area contributed by atoms with Crippen molar-refractivity contribution in [2.75, 3.05) is 31.6 Å². The molecule has 0 atom stereocenters. The highest BCUT2D eigenvalue weighted by Crippen LogP contribution is 2.25. The molecule has 0 saturated carbocycles. The fraction of sp³-hybridized carbons (Fsp3) is 0.391. The summed E-state index contributed by atoms with van der Waals surface area (Å²) in [4.78, 5) is 15.8. The minimum Gasteiger partial charge on any atom is -0.493 e. The van der Waals surface area contributed by atoms with Gasteiger partial charge in [-0.05, 0) is 54.7 Å². The molecule has 1 aliphatic rings. The molecular formula is C23H31IN4O2. The molecule has 0 radical (unpaired) electrons. The number of carbonyl (C=O) groups is 1. The maximum absolute atomic E-state index is 11.1. The molecular weight excluding hydrogens is 491 g/mol. The van der Waals surface area contributed by atoms with Gasteiger partial charge in [-0.15, -0.1) is 24.0 Å². The summed E-state index contributed by atoms with van der Waals surface area (Å²) in [6, 6.07) is 14.4. The third-order valence-corrected chi connectivity index (χ3v) is 4.75. The van der Waals surface area contributed by atoms with E-state index in [0.717, 1.165) is 56.4 Å². The second kappa shape index (κ2) is 12.4. The second-order valence-corrected chi connectivity index (χ2v) is 7.11. The fourth-order valence-electron chi connectivity index (χ4n) is 3.32. The summed E-state index contributed by atoms with van der Waals surface area (Å²) in [6.45, 7) is 6.73. The van der Waals surface area contributed by atoms with Crippen LogP contribution in [0.4, 0.5) is 5.69 Å². The van der Waals surface area contributed by atoms with Crippen LogP contribution in [0.1, 0.15) is 30.5 Å². The van der Waals surface area contributed by atoms with Crippen molar-refractivity contribution < 1.29 is 9.53 Å². The van der Waals surface area contributed by atoms with E-state index < -0.39 is 0 Å². The van der Waals surface area contributed by atoms with E-state index in [1.807, 2.05) is 24.3 Å². The van der Waals surface area contributed by atoms with Crippen molar-refractivity contribution >= 4 is 41.5 Å². The minimum atomic E-state index is -0.0584. The summed E-state index contributed by atoms with van der Waals surface area (Å²) in [5, 5.41) is 9.49. The molecule has 1 amide bonds. The van der Waals surface area contributed by atoms with Gasteiger partial charge in [0.05, 0.1) is 6.61 Å². The Kier molecular flexibility index (Phi) is 9.93. The highest BCUT2D eigenvalue weighted by atomic mass is 127. The molecule has 6 nitrogen and oxygen atoms in total. The van der Waals surface area contributed by atoms with E-state index in [0.29, 0.717) is 6.54 Å². The lowest BCUT2D eigenvalue weighted by Crippen LogP contribution is -2.38. The number of ether oxygens (including phenoxy) is 1. The summed E-state index contributed by atoms with van der Waals surface area (Å²) in [6.07, 6.45) is 2.80. The first-order chi connectivity index (χ1) is 14.1. The molecule has 30 heavy (non-hydrogen) atoms. The molecule has 1 aliphatic heterocycles. The van der Waals surface area contributed by atoms with Crippen molar-refractivity contribution in [1.82, 2.24) is 10.6 Å². The number of nitrogens with zero attached hydrogens (tertiary/aromatic N) is 1. The Morgan fingerprint density at radius 1 is 1.07 bits per heavy atom. The van der Waals surface area contributed by atoms with Crippen LogP contribution in [-0.4, -0.2) is 38.1 Å². The van der Waals surface area contributed by atoms with Crippen LogP contribution in [0.2, 0.25) is 0 Å². The summed E-state index contributed by atoms with van der Waals surface area (Å²) in [5.41, 5.74) is 4.64. The first kappa shape index (κ1) is 24.0. The number of aliphatic imine (C=N–C) groups is 1. The van der Waals surface area contributed by atoms with Gasteiger partial charge in [-0.1, -0.05) is 24.3 Å². The van der Waals surface area contributed by atoms with Crippen LogP contribution in [0.15, 0.2) is 47.5 Å². The van der Waals surface area contributed by atoms with Gasteiger partial charge in [0.1, 0.15) is 5.75 Å². The number of anilines is 1. The normalized spacial score (nSPS) is 12.4. The largest absolute Gasteiger partial charge is 0.493 e. The molecule has 3 N–H and O–H groups in total. The number of guanidine groups is 1. The predicted molar refractivity (Wildman–Crippen MR) is 133 cm³/mol. The van der Waals surface area contributed by atoms with Gasteiger partial charge in [0.2, 0.25) is 5.91 Å². The number of carbonyl (C=O) groups excluding carboxylic acids is 1. The molecule has 0 unspecified atom stereocenters. The van der Waals surface area contributed by atoms with Crippen molar-refractivity contribution in [3.63, 3.8) is 0 Å². The SMILES string of the molecule is CCNC(=NCCc1ccc(NC(C)=O)cc1)NCCc1ccc2c(c1)CCO2.I. The smallest absolute Gasteiger partial charge is 0.221 e. The number of benzene rings is 2. The molecule has 0 aliphatic carbocycles. The molecule has 7 heteroatoms. The minimum absolute atomic E-state index is 0. The zero-order chi connectivity index (χ0) is 20.5. The Hall–Kier alpha value is -2.29. The van der Waals surface area contributed by atoms with Gasteiger partial charge in [0.25, 0.3) is 0 Å². The van der Waals surface area contributed by atoms with E-state index >= 15 is 0 Å². The van der Waals surface area contributed by atoms with Crippen LogP contribution >= 0.6 is 24.0 Å². The molecule has 0 aromatic heterocycles. The quantitative estimate of drug-likeness (QED) is 0.282. The van der Waals surface area contributed by atoms with Gasteiger partial charge in [0, 0.05) is 38.7 Å². The molecule has 2 aromatic rings. The Morgan fingerprint density at radius 3 is 2.57 bits per heavy atom. The molecule has 0 spiro atoms. The van der Waals surface area contributed by atoms with E-state index in [2.05, 4.69) is 46.1 Å². The summed E-state index contributed by atoms with van der Waals surface area (Å²) in [7, 11) is 0. The Balaban J connectivity index is 0.00000320. The lowest BCUT2D eigenvalue weighted by molar-refractivity contribution is -0.114. The highest BCUT2D eigenvalue weighted by Gasteiger charge is 2.11. The van der Waals surface area contributed by atoms with Gasteiger partial charge in [-0.2, -0.15) is 0 Å². The highest BCUT2D eigenvalue weighted by molar-refractivity contribution is 14.0.